The highest BCUT2D eigenvalue weighted by Gasteiger charge is 2.14. The van der Waals surface area contributed by atoms with Gasteiger partial charge in [0.15, 0.2) is 17.5 Å². The Bertz CT molecular complexity index is 907. The fourth-order valence-corrected chi connectivity index (χ4v) is 2.54. The van der Waals surface area contributed by atoms with E-state index in [1.165, 1.54) is 0 Å². The van der Waals surface area contributed by atoms with Crippen molar-refractivity contribution in [2.75, 3.05) is 10.6 Å². The zero-order chi connectivity index (χ0) is 18.6. The van der Waals surface area contributed by atoms with Gasteiger partial charge in [0.2, 0.25) is 0 Å². The number of nitrogens with zero attached hydrogens (tertiary/aromatic N) is 1. The molecule has 0 aliphatic rings. The lowest BCUT2D eigenvalue weighted by Gasteiger charge is -2.09. The molecule has 0 aliphatic carbocycles. The van der Waals surface area contributed by atoms with Crippen LogP contribution in [0, 0.1) is 39.3 Å². The van der Waals surface area contributed by atoms with Crippen LogP contribution in [0.4, 0.5) is 24.5 Å². The second kappa shape index (κ2) is 8.02. The molecule has 2 N–H and O–H groups in total. The molecular formula is C17H11F3IN3O. The molecule has 1 amide bonds. The monoisotopic (exact) mass is 457 g/mol. The number of hydrogen-bond acceptors (Lipinski definition) is 3. The molecule has 0 aliphatic heterocycles. The summed E-state index contributed by atoms with van der Waals surface area (Å²) < 4.78 is 40.6. The van der Waals surface area contributed by atoms with Gasteiger partial charge in [-0.3, -0.25) is 4.79 Å². The van der Waals surface area contributed by atoms with E-state index < -0.39 is 29.0 Å². The highest BCUT2D eigenvalue weighted by Crippen LogP contribution is 2.21. The average Bonchev–Trinajstić information content (AvgIpc) is 2.57. The van der Waals surface area contributed by atoms with Gasteiger partial charge >= 0.3 is 0 Å². The van der Waals surface area contributed by atoms with Crippen LogP contribution in [0.15, 0.2) is 42.1 Å². The third kappa shape index (κ3) is 4.51. The van der Waals surface area contributed by atoms with Gasteiger partial charge in [-0.2, -0.15) is 5.26 Å². The Morgan fingerprint density at radius 3 is 2.48 bits per heavy atom. The van der Waals surface area contributed by atoms with Crippen LogP contribution in [0.2, 0.25) is 0 Å². The van der Waals surface area contributed by atoms with Crippen LogP contribution < -0.4 is 10.6 Å². The predicted molar refractivity (Wildman–Crippen MR) is 96.2 cm³/mol. The molecule has 0 saturated carbocycles. The van der Waals surface area contributed by atoms with E-state index >= 15 is 0 Å². The molecule has 8 heteroatoms. The number of nitriles is 1. The van der Waals surface area contributed by atoms with Gasteiger partial charge in [0.1, 0.15) is 11.6 Å². The van der Waals surface area contributed by atoms with Crippen molar-refractivity contribution < 1.29 is 18.0 Å². The quantitative estimate of drug-likeness (QED) is 0.308. The Morgan fingerprint density at radius 1 is 1.16 bits per heavy atom. The van der Waals surface area contributed by atoms with Crippen LogP contribution in [-0.4, -0.2) is 5.91 Å². The molecule has 0 atom stereocenters. The summed E-state index contributed by atoms with van der Waals surface area (Å²) in [6.45, 7) is 1.79. The van der Waals surface area contributed by atoms with Gasteiger partial charge in [-0.1, -0.05) is 0 Å². The summed E-state index contributed by atoms with van der Waals surface area (Å²) in [5.74, 6) is -5.14. The average molecular weight is 457 g/mol. The molecule has 4 nitrogen and oxygen atoms in total. The predicted octanol–water partition coefficient (Wildman–Crippen LogP) is 4.48. The molecule has 0 saturated heterocycles. The third-order valence-corrected chi connectivity index (χ3v) is 3.88. The lowest BCUT2D eigenvalue weighted by atomic mass is 10.2. The first-order valence-corrected chi connectivity index (χ1v) is 7.99. The molecular weight excluding hydrogens is 446 g/mol. The molecule has 0 radical (unpaired) electrons. The second-order valence-electron chi connectivity index (χ2n) is 4.95. The lowest BCUT2D eigenvalue weighted by Crippen LogP contribution is -2.15. The van der Waals surface area contributed by atoms with Crippen LogP contribution in [0.5, 0.6) is 0 Å². The number of hydrogen-bond donors (Lipinski definition) is 2. The van der Waals surface area contributed by atoms with Crippen molar-refractivity contribution in [3.8, 4) is 6.07 Å². The van der Waals surface area contributed by atoms with E-state index in [-0.39, 0.29) is 5.57 Å². The minimum atomic E-state index is -1.64. The smallest absolute Gasteiger partial charge is 0.267 e. The number of aryl methyl sites for hydroxylation is 1. The van der Waals surface area contributed by atoms with E-state index in [0.717, 1.165) is 27.5 Å². The van der Waals surface area contributed by atoms with Gasteiger partial charge in [0, 0.05) is 15.5 Å². The van der Waals surface area contributed by atoms with Crippen molar-refractivity contribution in [1.29, 1.82) is 5.26 Å². The normalized spacial score (nSPS) is 11.0. The summed E-state index contributed by atoms with van der Waals surface area (Å²) in [5, 5.41) is 13.9. The van der Waals surface area contributed by atoms with Crippen molar-refractivity contribution >= 4 is 39.9 Å². The van der Waals surface area contributed by atoms with Crippen LogP contribution in [-0.2, 0) is 4.79 Å². The van der Waals surface area contributed by atoms with Crippen LogP contribution in [0.3, 0.4) is 0 Å². The summed E-state index contributed by atoms with van der Waals surface area (Å²) in [7, 11) is 0. The molecule has 128 valence electrons. The maximum absolute atomic E-state index is 13.6. The largest absolute Gasteiger partial charge is 0.358 e. The van der Waals surface area contributed by atoms with Crippen molar-refractivity contribution in [1.82, 2.24) is 0 Å². The van der Waals surface area contributed by atoms with Gasteiger partial charge < -0.3 is 10.6 Å². The zero-order valence-corrected chi connectivity index (χ0v) is 15.0. The van der Waals surface area contributed by atoms with E-state index in [9.17, 15) is 18.0 Å². The van der Waals surface area contributed by atoms with E-state index in [1.807, 2.05) is 6.07 Å². The Kier molecular flexibility index (Phi) is 6.03. The Balaban J connectivity index is 2.19. The molecule has 0 spiro atoms. The van der Waals surface area contributed by atoms with Gasteiger partial charge in [-0.05, 0) is 65.4 Å². The van der Waals surface area contributed by atoms with Crippen molar-refractivity contribution in [2.24, 2.45) is 0 Å². The molecule has 0 heterocycles. The number of nitrogens with one attached hydrogen (secondary N) is 2. The number of anilines is 2. The minimum absolute atomic E-state index is 0.359. The molecule has 2 rings (SSSR count). The third-order valence-electron chi connectivity index (χ3n) is 3.21. The standard InChI is InChI=1S/C17H11F3IN3O/c1-9-6-11(21)2-4-13(9)24-17(25)10(7-22)8-23-14-5-3-12(18)15(19)16(14)20/h2-6,8,23H,1H3,(H,24,25)/b10-8-. The van der Waals surface area contributed by atoms with Gasteiger partial charge in [0.05, 0.1) is 5.69 Å². The highest BCUT2D eigenvalue weighted by molar-refractivity contribution is 14.1. The maximum Gasteiger partial charge on any atom is 0.267 e. The summed E-state index contributed by atoms with van der Waals surface area (Å²) in [4.78, 5) is 12.1. The first-order valence-electron chi connectivity index (χ1n) is 6.91. The molecule has 25 heavy (non-hydrogen) atoms. The van der Waals surface area contributed by atoms with E-state index in [2.05, 4.69) is 33.2 Å². The first kappa shape index (κ1) is 18.8. The van der Waals surface area contributed by atoms with Crippen LogP contribution in [0.1, 0.15) is 5.56 Å². The lowest BCUT2D eigenvalue weighted by molar-refractivity contribution is -0.112. The number of benzene rings is 2. The summed E-state index contributed by atoms with van der Waals surface area (Å²) >= 11 is 2.12. The van der Waals surface area contributed by atoms with Crippen molar-refractivity contribution in [2.45, 2.75) is 6.92 Å². The zero-order valence-electron chi connectivity index (χ0n) is 12.8. The molecule has 0 aromatic heterocycles. The van der Waals surface area contributed by atoms with Crippen LogP contribution >= 0.6 is 22.6 Å². The Labute approximate surface area is 155 Å². The van der Waals surface area contributed by atoms with Crippen LogP contribution in [0.25, 0.3) is 0 Å². The highest BCUT2D eigenvalue weighted by atomic mass is 127. The number of rotatable bonds is 4. The summed E-state index contributed by atoms with van der Waals surface area (Å²) in [5.41, 5.74) is 0.565. The van der Waals surface area contributed by atoms with Gasteiger partial charge in [-0.25, -0.2) is 13.2 Å². The molecule has 0 bridgehead atoms. The second-order valence-corrected chi connectivity index (χ2v) is 6.20. The van der Waals surface area contributed by atoms with Gasteiger partial charge in [-0.15, -0.1) is 0 Å². The van der Waals surface area contributed by atoms with E-state index in [0.29, 0.717) is 5.69 Å². The molecule has 0 fully saturated rings. The number of halogens is 4. The van der Waals surface area contributed by atoms with E-state index in [1.54, 1.807) is 25.1 Å². The van der Waals surface area contributed by atoms with Crippen molar-refractivity contribution in [3.63, 3.8) is 0 Å². The number of carbonyl (C=O) groups excluding carboxylic acids is 1. The fourth-order valence-electron chi connectivity index (χ4n) is 1.89. The van der Waals surface area contributed by atoms with Crippen molar-refractivity contribution in [3.05, 3.63) is 68.7 Å². The van der Waals surface area contributed by atoms with Gasteiger partial charge in [0.25, 0.3) is 5.91 Å². The Hall–Kier alpha value is -2.54. The minimum Gasteiger partial charge on any atom is -0.358 e. The topological polar surface area (TPSA) is 64.9 Å². The molecule has 2 aromatic carbocycles. The summed E-state index contributed by atoms with van der Waals surface area (Å²) in [6, 6.07) is 8.67. The number of amides is 1. The SMILES string of the molecule is Cc1cc(I)ccc1NC(=O)/C(C#N)=C\Nc1ccc(F)c(F)c1F. The maximum atomic E-state index is 13.6. The van der Waals surface area contributed by atoms with E-state index in [4.69, 9.17) is 5.26 Å². The number of carbonyl (C=O) groups is 1. The Morgan fingerprint density at radius 2 is 1.84 bits per heavy atom. The fraction of sp³-hybridized carbons (Fsp3) is 0.0588. The molecule has 0 unspecified atom stereocenters. The molecule has 2 aromatic rings. The first-order chi connectivity index (χ1) is 11.8. The summed E-state index contributed by atoms with van der Waals surface area (Å²) in [6.07, 6.45) is 0.924.